The molecule has 2 bridgehead atoms. The van der Waals surface area contributed by atoms with E-state index in [1.165, 1.54) is 18.2 Å². The summed E-state index contributed by atoms with van der Waals surface area (Å²) in [6.07, 6.45) is 2.68. The number of aryl methyl sites for hydroxylation is 1. The number of rotatable bonds is 1. The molecule has 1 unspecified atom stereocenters. The number of hydrogen-bond donors (Lipinski definition) is 3. The van der Waals surface area contributed by atoms with Crippen LogP contribution in [0.2, 0.25) is 0 Å². The van der Waals surface area contributed by atoms with E-state index in [1.54, 1.807) is 37.0 Å². The van der Waals surface area contributed by atoms with Gasteiger partial charge >= 0.3 is 0 Å². The van der Waals surface area contributed by atoms with Gasteiger partial charge in [0.05, 0.1) is 5.69 Å². The van der Waals surface area contributed by atoms with E-state index in [0.29, 0.717) is 39.5 Å². The zero-order valence-electron chi connectivity index (χ0n) is 17.3. The molecule has 0 aliphatic carbocycles. The van der Waals surface area contributed by atoms with Crippen LogP contribution in [0.1, 0.15) is 30.0 Å². The Bertz CT molecular complexity index is 1310. The predicted octanol–water partition coefficient (Wildman–Crippen LogP) is 4.28. The Kier molecular flexibility index (Phi) is 5.55. The summed E-state index contributed by atoms with van der Waals surface area (Å²) in [7, 11) is 1.72. The largest absolute Gasteiger partial charge is 0.482 e. The first-order valence-electron chi connectivity index (χ1n) is 9.66. The maximum atomic E-state index is 14.1. The van der Waals surface area contributed by atoms with Crippen LogP contribution in [0.15, 0.2) is 42.2 Å². The molecule has 1 aliphatic rings. The lowest BCUT2D eigenvalue weighted by Gasteiger charge is -2.22. The average molecular weight is 452 g/mol. The van der Waals surface area contributed by atoms with Crippen LogP contribution in [-0.4, -0.2) is 19.9 Å². The van der Waals surface area contributed by atoms with Gasteiger partial charge in [-0.25, -0.2) is 9.37 Å². The van der Waals surface area contributed by atoms with E-state index in [0.717, 1.165) is 0 Å². The number of aromatic nitrogens is 3. The maximum absolute atomic E-state index is 14.1. The second kappa shape index (κ2) is 8.32. The normalized spacial score (nSPS) is 16.5. The van der Waals surface area contributed by atoms with E-state index in [-0.39, 0.29) is 23.1 Å². The summed E-state index contributed by atoms with van der Waals surface area (Å²) in [4.78, 5) is 4.23. The number of fused-ring (bicyclic) bond motifs is 5. The second-order valence-electron chi connectivity index (χ2n) is 7.32. The van der Waals surface area contributed by atoms with Gasteiger partial charge in [-0.05, 0) is 37.3 Å². The van der Waals surface area contributed by atoms with Crippen molar-refractivity contribution in [2.24, 2.45) is 7.05 Å². The van der Waals surface area contributed by atoms with Crippen LogP contribution in [0.5, 0.6) is 5.75 Å². The standard InChI is InChI=1S/C22H19ClFN7O/c1-11-15-6-13(24)3-4-16(15)29-14(8-20(23)26)7-18-21(17(9-25)30-31(18)2)12-5-19(32-11)22(27)28-10-12/h3-6,8,10-11,26,29H,7H2,1-2H3,(H2,27,28)/b14-8-,26-20?. The monoisotopic (exact) mass is 451 g/mol. The molecule has 3 heterocycles. The van der Waals surface area contributed by atoms with Crippen LogP contribution < -0.4 is 15.8 Å². The molecule has 0 saturated heterocycles. The van der Waals surface area contributed by atoms with Crippen LogP contribution in [0.25, 0.3) is 11.1 Å². The summed E-state index contributed by atoms with van der Waals surface area (Å²) in [5.41, 5.74) is 9.80. The van der Waals surface area contributed by atoms with Crippen LogP contribution in [0.3, 0.4) is 0 Å². The van der Waals surface area contributed by atoms with Crippen molar-refractivity contribution in [3.8, 4) is 22.9 Å². The SMILES string of the molecule is CC1Oc2cc(cnc2N)-c2c(C#N)nn(C)c2C/C(=C/C(=N)Cl)Nc2ccc(F)cc21. The van der Waals surface area contributed by atoms with Gasteiger partial charge in [0.15, 0.2) is 17.3 Å². The molecular formula is C22H19ClFN7O. The number of allylic oxidation sites excluding steroid dienone is 2. The van der Waals surface area contributed by atoms with Gasteiger partial charge in [-0.2, -0.15) is 10.4 Å². The number of nitrogens with zero attached hydrogens (tertiary/aromatic N) is 4. The van der Waals surface area contributed by atoms with Gasteiger partial charge in [-0.1, -0.05) is 11.6 Å². The lowest BCUT2D eigenvalue weighted by Crippen LogP contribution is -2.14. The highest BCUT2D eigenvalue weighted by molar-refractivity contribution is 6.67. The van der Waals surface area contributed by atoms with E-state index in [2.05, 4.69) is 21.5 Å². The summed E-state index contributed by atoms with van der Waals surface area (Å²) in [5.74, 6) is 0.0580. The molecule has 0 fully saturated rings. The van der Waals surface area contributed by atoms with Crippen molar-refractivity contribution < 1.29 is 9.13 Å². The number of anilines is 2. The van der Waals surface area contributed by atoms with Crippen molar-refractivity contribution in [3.05, 3.63) is 65.0 Å². The summed E-state index contributed by atoms with van der Waals surface area (Å²) in [6.45, 7) is 1.76. The number of pyridine rings is 1. The van der Waals surface area contributed by atoms with Crippen molar-refractivity contribution in [3.63, 3.8) is 0 Å². The zero-order valence-corrected chi connectivity index (χ0v) is 18.0. The molecule has 0 spiro atoms. The lowest BCUT2D eigenvalue weighted by molar-refractivity contribution is 0.228. The topological polar surface area (TPSA) is 126 Å². The average Bonchev–Trinajstić information content (AvgIpc) is 3.05. The number of nitrogens with one attached hydrogen (secondary N) is 2. The number of nitriles is 1. The molecule has 10 heteroatoms. The van der Waals surface area contributed by atoms with Gasteiger partial charge in [0, 0.05) is 47.7 Å². The lowest BCUT2D eigenvalue weighted by atomic mass is 10.0. The Balaban J connectivity index is 2.00. The fourth-order valence-electron chi connectivity index (χ4n) is 3.70. The second-order valence-corrected chi connectivity index (χ2v) is 7.73. The minimum absolute atomic E-state index is 0.170. The Hall–Kier alpha value is -3.90. The molecule has 0 saturated carbocycles. The molecular weight excluding hydrogens is 433 g/mol. The van der Waals surface area contributed by atoms with Gasteiger partial charge in [0.25, 0.3) is 0 Å². The number of benzene rings is 1. The van der Waals surface area contributed by atoms with E-state index < -0.39 is 11.9 Å². The third kappa shape index (κ3) is 4.00. The van der Waals surface area contributed by atoms with E-state index in [9.17, 15) is 9.65 Å². The predicted molar refractivity (Wildman–Crippen MR) is 120 cm³/mol. The van der Waals surface area contributed by atoms with Crippen LogP contribution in [-0.2, 0) is 13.5 Å². The summed E-state index contributed by atoms with van der Waals surface area (Å²) in [6, 6.07) is 8.10. The Morgan fingerprint density at radius 2 is 2.25 bits per heavy atom. The quantitative estimate of drug-likeness (QED) is 0.474. The molecule has 1 atom stereocenters. The smallest absolute Gasteiger partial charge is 0.170 e. The molecule has 1 aromatic carbocycles. The Labute approximate surface area is 188 Å². The zero-order chi connectivity index (χ0) is 23.0. The molecule has 0 radical (unpaired) electrons. The van der Waals surface area contributed by atoms with Crippen LogP contribution >= 0.6 is 11.6 Å². The fraction of sp³-hybridized carbons (Fsp3) is 0.182. The first-order valence-corrected chi connectivity index (χ1v) is 10.0. The van der Waals surface area contributed by atoms with Gasteiger partial charge in [-0.15, -0.1) is 0 Å². The summed E-state index contributed by atoms with van der Waals surface area (Å²) >= 11 is 5.87. The van der Waals surface area contributed by atoms with Gasteiger partial charge in [0.1, 0.15) is 23.2 Å². The third-order valence-electron chi connectivity index (χ3n) is 5.15. The molecule has 4 N–H and O–H groups in total. The van der Waals surface area contributed by atoms with Crippen molar-refractivity contribution in [2.45, 2.75) is 19.4 Å². The summed E-state index contributed by atoms with van der Waals surface area (Å²) in [5, 5.41) is 24.8. The number of halogens is 2. The third-order valence-corrected chi connectivity index (χ3v) is 5.26. The van der Waals surface area contributed by atoms with Crippen molar-refractivity contribution in [2.75, 3.05) is 11.1 Å². The molecule has 0 amide bonds. The number of ether oxygens (including phenoxy) is 1. The maximum Gasteiger partial charge on any atom is 0.170 e. The highest BCUT2D eigenvalue weighted by Crippen LogP contribution is 2.37. The van der Waals surface area contributed by atoms with E-state index in [1.807, 2.05) is 0 Å². The number of nitrogens with two attached hydrogens (primary N) is 1. The van der Waals surface area contributed by atoms with Crippen molar-refractivity contribution in [1.29, 1.82) is 10.7 Å². The van der Waals surface area contributed by atoms with E-state index in [4.69, 9.17) is 27.5 Å². The molecule has 32 heavy (non-hydrogen) atoms. The number of nitrogen functional groups attached to an aromatic ring is 1. The van der Waals surface area contributed by atoms with Crippen molar-refractivity contribution in [1.82, 2.24) is 14.8 Å². The number of hydrogen-bond acceptors (Lipinski definition) is 7. The Morgan fingerprint density at radius 1 is 1.47 bits per heavy atom. The highest BCUT2D eigenvalue weighted by atomic mass is 35.5. The van der Waals surface area contributed by atoms with Gasteiger partial charge in [-0.3, -0.25) is 10.1 Å². The molecule has 2 aromatic heterocycles. The fourth-order valence-corrected chi connectivity index (χ4v) is 3.84. The highest BCUT2D eigenvalue weighted by Gasteiger charge is 2.23. The Morgan fingerprint density at radius 3 is 2.97 bits per heavy atom. The van der Waals surface area contributed by atoms with Crippen LogP contribution in [0.4, 0.5) is 15.9 Å². The van der Waals surface area contributed by atoms with E-state index >= 15 is 0 Å². The first kappa shape index (κ1) is 21.3. The summed E-state index contributed by atoms with van der Waals surface area (Å²) < 4.78 is 21.7. The van der Waals surface area contributed by atoms with Crippen molar-refractivity contribution >= 4 is 28.3 Å². The molecule has 162 valence electrons. The molecule has 8 nitrogen and oxygen atoms in total. The molecule has 4 rings (SSSR count). The first-order chi connectivity index (χ1) is 15.3. The molecule has 3 aromatic rings. The van der Waals surface area contributed by atoms with Crippen LogP contribution in [0, 0.1) is 22.6 Å². The minimum Gasteiger partial charge on any atom is -0.482 e. The minimum atomic E-state index is -0.590. The molecule has 1 aliphatic heterocycles. The van der Waals surface area contributed by atoms with Gasteiger partial charge < -0.3 is 15.8 Å². The van der Waals surface area contributed by atoms with Gasteiger partial charge in [0.2, 0.25) is 0 Å².